The van der Waals surface area contributed by atoms with Crippen LogP contribution in [0.1, 0.15) is 17.5 Å². The van der Waals surface area contributed by atoms with Crippen LogP contribution in [0, 0.1) is 0 Å². The van der Waals surface area contributed by atoms with E-state index in [2.05, 4.69) is 10.5 Å². The van der Waals surface area contributed by atoms with Crippen molar-refractivity contribution in [3.05, 3.63) is 95.5 Å². The molecule has 0 spiro atoms. The molecule has 2 aromatic heterocycles. The first-order valence-corrected chi connectivity index (χ1v) is 10.2. The molecule has 144 valence electrons. The molecule has 0 aliphatic carbocycles. The molecule has 5 nitrogen and oxygen atoms in total. The monoisotopic (exact) mass is 400 g/mol. The molecule has 2 heterocycles. The molecule has 1 N–H and O–H groups in total. The minimum absolute atomic E-state index is 0.113. The Labute approximate surface area is 173 Å². The summed E-state index contributed by atoms with van der Waals surface area (Å²) in [5, 5.41) is 10.9. The number of aromatic nitrogens is 2. The molecule has 0 aliphatic heterocycles. The number of nitrogens with one attached hydrogen (secondary N) is 1. The number of para-hydroxylation sites is 1. The van der Waals surface area contributed by atoms with Gasteiger partial charge in [-0.2, -0.15) is 10.2 Å². The summed E-state index contributed by atoms with van der Waals surface area (Å²) in [4.78, 5) is 13.2. The molecule has 0 saturated heterocycles. The van der Waals surface area contributed by atoms with Gasteiger partial charge in [-0.15, -0.1) is 11.3 Å². The van der Waals surface area contributed by atoms with Crippen LogP contribution in [-0.4, -0.2) is 21.9 Å². The van der Waals surface area contributed by atoms with Gasteiger partial charge < -0.3 is 0 Å². The Kier molecular flexibility index (Phi) is 5.92. The quantitative estimate of drug-likeness (QED) is 0.362. The van der Waals surface area contributed by atoms with Gasteiger partial charge in [0, 0.05) is 18.2 Å². The molecule has 2 aromatic carbocycles. The van der Waals surface area contributed by atoms with Crippen LogP contribution in [0.15, 0.2) is 89.5 Å². The molecular weight excluding hydrogens is 380 g/mol. The summed E-state index contributed by atoms with van der Waals surface area (Å²) in [6, 6.07) is 23.9. The van der Waals surface area contributed by atoms with E-state index in [1.807, 2.05) is 89.1 Å². The zero-order valence-corrected chi connectivity index (χ0v) is 16.5. The Bertz CT molecular complexity index is 1090. The van der Waals surface area contributed by atoms with E-state index in [9.17, 15) is 4.79 Å². The molecular formula is C23H20N4OS. The topological polar surface area (TPSA) is 59.3 Å². The normalized spacial score (nSPS) is 11.0. The zero-order chi connectivity index (χ0) is 19.9. The van der Waals surface area contributed by atoms with Crippen LogP contribution in [0.25, 0.3) is 16.3 Å². The fourth-order valence-corrected chi connectivity index (χ4v) is 3.66. The van der Waals surface area contributed by atoms with Crippen molar-refractivity contribution in [1.82, 2.24) is 15.2 Å². The number of benzene rings is 2. The molecule has 0 radical (unpaired) electrons. The summed E-state index contributed by atoms with van der Waals surface area (Å²) < 4.78 is 1.83. The average Bonchev–Trinajstić information content (AvgIpc) is 3.44. The van der Waals surface area contributed by atoms with E-state index in [1.165, 1.54) is 0 Å². The van der Waals surface area contributed by atoms with E-state index >= 15 is 0 Å². The zero-order valence-electron chi connectivity index (χ0n) is 15.7. The van der Waals surface area contributed by atoms with Gasteiger partial charge in [0.15, 0.2) is 0 Å². The minimum atomic E-state index is -0.113. The summed E-state index contributed by atoms with van der Waals surface area (Å²) in [5.41, 5.74) is 6.41. The van der Waals surface area contributed by atoms with Crippen LogP contribution in [-0.2, 0) is 11.2 Å². The largest absolute Gasteiger partial charge is 0.273 e. The third kappa shape index (κ3) is 4.86. The molecule has 1 amide bonds. The highest BCUT2D eigenvalue weighted by molar-refractivity contribution is 7.13. The maximum absolute atomic E-state index is 12.1. The maximum Gasteiger partial charge on any atom is 0.240 e. The van der Waals surface area contributed by atoms with Gasteiger partial charge in [0.2, 0.25) is 5.91 Å². The van der Waals surface area contributed by atoms with E-state index in [1.54, 1.807) is 17.6 Å². The van der Waals surface area contributed by atoms with Gasteiger partial charge in [-0.05, 0) is 35.6 Å². The number of nitrogens with zero attached hydrogens (tertiary/aromatic N) is 3. The second-order valence-electron chi connectivity index (χ2n) is 6.47. The molecule has 0 aliphatic rings. The van der Waals surface area contributed by atoms with Gasteiger partial charge in [0.05, 0.1) is 16.8 Å². The SMILES string of the molecule is O=C(CCc1ccccc1)N/N=C\c1cn(-c2ccccc2)nc1-c1cccs1. The lowest BCUT2D eigenvalue weighted by atomic mass is 10.1. The number of aryl methyl sites for hydroxylation is 1. The summed E-state index contributed by atoms with van der Waals surface area (Å²) in [6.45, 7) is 0. The minimum Gasteiger partial charge on any atom is -0.273 e. The molecule has 4 rings (SSSR count). The van der Waals surface area contributed by atoms with E-state index < -0.39 is 0 Å². The summed E-state index contributed by atoms with van der Waals surface area (Å²) in [6.07, 6.45) is 4.66. The van der Waals surface area contributed by atoms with Gasteiger partial charge in [0.1, 0.15) is 5.69 Å². The van der Waals surface area contributed by atoms with Crippen LogP contribution in [0.3, 0.4) is 0 Å². The Morgan fingerprint density at radius 2 is 1.79 bits per heavy atom. The smallest absolute Gasteiger partial charge is 0.240 e. The van der Waals surface area contributed by atoms with Crippen LogP contribution in [0.5, 0.6) is 0 Å². The molecule has 0 unspecified atom stereocenters. The lowest BCUT2D eigenvalue weighted by Crippen LogP contribution is -2.17. The Morgan fingerprint density at radius 3 is 2.52 bits per heavy atom. The molecule has 0 bridgehead atoms. The van der Waals surface area contributed by atoms with Crippen molar-refractivity contribution in [3.8, 4) is 16.3 Å². The van der Waals surface area contributed by atoms with Crippen molar-refractivity contribution in [2.75, 3.05) is 0 Å². The average molecular weight is 401 g/mol. The van der Waals surface area contributed by atoms with Crippen LogP contribution >= 0.6 is 11.3 Å². The van der Waals surface area contributed by atoms with Crippen molar-refractivity contribution >= 4 is 23.5 Å². The number of carbonyl (C=O) groups excluding carboxylic acids is 1. The molecule has 29 heavy (non-hydrogen) atoms. The first-order valence-electron chi connectivity index (χ1n) is 9.34. The van der Waals surface area contributed by atoms with Crippen molar-refractivity contribution < 1.29 is 4.79 Å². The highest BCUT2D eigenvalue weighted by Crippen LogP contribution is 2.26. The molecule has 0 saturated carbocycles. The summed E-state index contributed by atoms with van der Waals surface area (Å²) >= 11 is 1.62. The predicted octanol–water partition coefficient (Wildman–Crippen LogP) is 4.68. The third-order valence-corrected chi connectivity index (χ3v) is 5.27. The molecule has 0 fully saturated rings. The Balaban J connectivity index is 1.47. The summed E-state index contributed by atoms with van der Waals surface area (Å²) in [5.74, 6) is -0.113. The standard InChI is InChI=1S/C23H20N4OS/c28-22(14-13-18-8-3-1-4-9-18)25-24-16-19-17-27(20-10-5-2-6-11-20)26-23(19)21-12-7-15-29-21/h1-12,15-17H,13-14H2,(H,25,28)/b24-16-. The molecule has 0 atom stereocenters. The number of hydrazone groups is 1. The third-order valence-electron chi connectivity index (χ3n) is 4.39. The number of carbonyl (C=O) groups is 1. The van der Waals surface area contributed by atoms with Gasteiger partial charge >= 0.3 is 0 Å². The van der Waals surface area contributed by atoms with Gasteiger partial charge in [-0.3, -0.25) is 4.79 Å². The number of amides is 1. The van der Waals surface area contributed by atoms with Crippen molar-refractivity contribution in [1.29, 1.82) is 0 Å². The van der Waals surface area contributed by atoms with Crippen molar-refractivity contribution in [2.45, 2.75) is 12.8 Å². The summed E-state index contributed by atoms with van der Waals surface area (Å²) in [7, 11) is 0. The number of hydrogen-bond acceptors (Lipinski definition) is 4. The fraction of sp³-hybridized carbons (Fsp3) is 0.0870. The highest BCUT2D eigenvalue weighted by atomic mass is 32.1. The first kappa shape index (κ1) is 18.8. The number of rotatable bonds is 7. The number of hydrogen-bond donors (Lipinski definition) is 1. The second-order valence-corrected chi connectivity index (χ2v) is 7.42. The van der Waals surface area contributed by atoms with Gasteiger partial charge in [0.25, 0.3) is 0 Å². The van der Waals surface area contributed by atoms with Crippen LogP contribution in [0.2, 0.25) is 0 Å². The Hall–Kier alpha value is -3.51. The van der Waals surface area contributed by atoms with E-state index in [0.717, 1.165) is 27.4 Å². The maximum atomic E-state index is 12.1. The van der Waals surface area contributed by atoms with Gasteiger partial charge in [-0.25, -0.2) is 10.1 Å². The van der Waals surface area contributed by atoms with Crippen molar-refractivity contribution in [2.24, 2.45) is 5.10 Å². The predicted molar refractivity (Wildman–Crippen MR) is 117 cm³/mol. The lowest BCUT2D eigenvalue weighted by Gasteiger charge is -2.00. The Morgan fingerprint density at radius 1 is 1.03 bits per heavy atom. The van der Waals surface area contributed by atoms with Crippen LogP contribution in [0.4, 0.5) is 0 Å². The molecule has 4 aromatic rings. The second kappa shape index (κ2) is 9.12. The van der Waals surface area contributed by atoms with Gasteiger partial charge in [-0.1, -0.05) is 54.6 Å². The first-order chi connectivity index (χ1) is 14.3. The highest BCUT2D eigenvalue weighted by Gasteiger charge is 2.12. The lowest BCUT2D eigenvalue weighted by molar-refractivity contribution is -0.121. The van der Waals surface area contributed by atoms with Crippen molar-refractivity contribution in [3.63, 3.8) is 0 Å². The molecule has 6 heteroatoms. The fourth-order valence-electron chi connectivity index (χ4n) is 2.93. The number of thiophene rings is 1. The van der Waals surface area contributed by atoms with Crippen LogP contribution < -0.4 is 5.43 Å². The van der Waals surface area contributed by atoms with E-state index in [-0.39, 0.29) is 5.91 Å². The van der Waals surface area contributed by atoms with E-state index in [4.69, 9.17) is 5.10 Å². The van der Waals surface area contributed by atoms with E-state index in [0.29, 0.717) is 12.8 Å².